The van der Waals surface area contributed by atoms with Gasteiger partial charge in [-0.25, -0.2) is 0 Å². The van der Waals surface area contributed by atoms with Crippen molar-refractivity contribution in [2.75, 3.05) is 39.3 Å². The van der Waals surface area contributed by atoms with Crippen molar-refractivity contribution in [2.45, 2.75) is 31.8 Å². The first-order chi connectivity index (χ1) is 8.20. The first kappa shape index (κ1) is 12.8. The molecule has 0 saturated carbocycles. The van der Waals surface area contributed by atoms with E-state index in [2.05, 4.69) is 15.1 Å². The van der Waals surface area contributed by atoms with Crippen molar-refractivity contribution in [3.63, 3.8) is 0 Å². The van der Waals surface area contributed by atoms with Crippen LogP contribution in [-0.2, 0) is 4.79 Å². The highest BCUT2D eigenvalue weighted by molar-refractivity contribution is 5.80. The normalized spacial score (nSPS) is 27.9. The second-order valence-electron chi connectivity index (χ2n) is 5.10. The third-order valence-corrected chi connectivity index (χ3v) is 3.91. The highest BCUT2D eigenvalue weighted by Gasteiger charge is 2.31. The van der Waals surface area contributed by atoms with Gasteiger partial charge in [-0.1, -0.05) is 6.92 Å². The lowest BCUT2D eigenvalue weighted by Crippen LogP contribution is -2.56. The minimum Gasteiger partial charge on any atom is -0.368 e. The van der Waals surface area contributed by atoms with E-state index in [0.29, 0.717) is 6.04 Å². The summed E-state index contributed by atoms with van der Waals surface area (Å²) < 4.78 is 0. The number of primary amides is 1. The van der Waals surface area contributed by atoms with E-state index in [4.69, 9.17) is 5.73 Å². The minimum absolute atomic E-state index is 0.201. The molecule has 0 aromatic carbocycles. The van der Waals surface area contributed by atoms with Crippen molar-refractivity contribution in [2.24, 2.45) is 5.73 Å². The zero-order valence-corrected chi connectivity index (χ0v) is 10.7. The number of rotatable bonds is 5. The Kier molecular flexibility index (Phi) is 4.36. The topological polar surface area (TPSA) is 61.6 Å². The zero-order chi connectivity index (χ0) is 12.3. The average Bonchev–Trinajstić information content (AvgIpc) is 2.75. The van der Waals surface area contributed by atoms with Crippen LogP contribution in [0.2, 0.25) is 0 Å². The Morgan fingerprint density at radius 1 is 1.47 bits per heavy atom. The molecule has 5 nitrogen and oxygen atoms in total. The minimum atomic E-state index is -0.235. The summed E-state index contributed by atoms with van der Waals surface area (Å²) in [6, 6.07) is 0.506. The van der Waals surface area contributed by atoms with Gasteiger partial charge in [0.2, 0.25) is 5.91 Å². The van der Waals surface area contributed by atoms with Crippen LogP contribution >= 0.6 is 0 Å². The quantitative estimate of drug-likeness (QED) is 0.662. The summed E-state index contributed by atoms with van der Waals surface area (Å²) in [6.45, 7) is 8.10. The molecule has 0 aromatic heterocycles. The molecule has 2 fully saturated rings. The van der Waals surface area contributed by atoms with Crippen LogP contribution in [0.25, 0.3) is 0 Å². The monoisotopic (exact) mass is 240 g/mol. The molecule has 5 heteroatoms. The van der Waals surface area contributed by atoms with Crippen LogP contribution in [0.5, 0.6) is 0 Å². The van der Waals surface area contributed by atoms with E-state index in [-0.39, 0.29) is 11.9 Å². The van der Waals surface area contributed by atoms with Gasteiger partial charge in [-0.05, 0) is 25.9 Å². The Hall–Kier alpha value is -0.650. The molecule has 0 bridgehead atoms. The molecule has 17 heavy (non-hydrogen) atoms. The van der Waals surface area contributed by atoms with Crippen molar-refractivity contribution in [1.82, 2.24) is 15.1 Å². The Morgan fingerprint density at radius 2 is 2.29 bits per heavy atom. The Bertz CT molecular complexity index is 271. The first-order valence-corrected chi connectivity index (χ1v) is 6.69. The number of amides is 1. The lowest BCUT2D eigenvalue weighted by molar-refractivity contribution is -0.120. The largest absolute Gasteiger partial charge is 0.368 e. The van der Waals surface area contributed by atoms with Crippen LogP contribution < -0.4 is 11.1 Å². The fourth-order valence-electron chi connectivity index (χ4n) is 2.98. The van der Waals surface area contributed by atoms with Crippen LogP contribution in [0.4, 0.5) is 0 Å². The van der Waals surface area contributed by atoms with E-state index in [1.54, 1.807) is 0 Å². The first-order valence-electron chi connectivity index (χ1n) is 6.69. The number of nitrogens with two attached hydrogens (primary N) is 1. The number of hydrogen-bond donors (Lipinski definition) is 2. The number of nitrogens with zero attached hydrogens (tertiary/aromatic N) is 2. The maximum atomic E-state index is 11.3. The molecular formula is C12H24N4O. The standard InChI is InChI=1S/C12H24N4O/c1-2-14-11(12(13)17)9-15-6-7-16-5-3-4-10(16)8-15/h10-11,14H,2-9H2,1H3,(H2,13,17). The van der Waals surface area contributed by atoms with Gasteiger partial charge in [0.05, 0.1) is 6.04 Å². The van der Waals surface area contributed by atoms with Crippen LogP contribution in [0.3, 0.4) is 0 Å². The second-order valence-corrected chi connectivity index (χ2v) is 5.10. The van der Waals surface area contributed by atoms with Gasteiger partial charge >= 0.3 is 0 Å². The van der Waals surface area contributed by atoms with Crippen LogP contribution in [-0.4, -0.2) is 67.1 Å². The third kappa shape index (κ3) is 3.18. The van der Waals surface area contributed by atoms with Crippen LogP contribution in [0.15, 0.2) is 0 Å². The molecule has 2 saturated heterocycles. The molecular weight excluding hydrogens is 216 g/mol. The molecule has 2 aliphatic heterocycles. The third-order valence-electron chi connectivity index (χ3n) is 3.91. The molecule has 0 aromatic rings. The number of nitrogens with one attached hydrogen (secondary N) is 1. The SMILES string of the molecule is CCNC(CN1CCN2CCCC2C1)C(N)=O. The number of fused-ring (bicyclic) bond motifs is 1. The van der Waals surface area contributed by atoms with Crippen LogP contribution in [0.1, 0.15) is 19.8 Å². The fraction of sp³-hybridized carbons (Fsp3) is 0.917. The lowest BCUT2D eigenvalue weighted by Gasteiger charge is -2.38. The maximum absolute atomic E-state index is 11.3. The van der Waals surface area contributed by atoms with E-state index in [1.165, 1.54) is 19.4 Å². The molecule has 0 radical (unpaired) electrons. The second kappa shape index (κ2) is 5.80. The van der Waals surface area contributed by atoms with E-state index in [9.17, 15) is 4.79 Å². The predicted octanol–water partition coefficient (Wildman–Crippen LogP) is -0.770. The fourth-order valence-corrected chi connectivity index (χ4v) is 2.98. The van der Waals surface area contributed by atoms with Crippen molar-refractivity contribution >= 4 is 5.91 Å². The van der Waals surface area contributed by atoms with Gasteiger partial charge < -0.3 is 11.1 Å². The summed E-state index contributed by atoms with van der Waals surface area (Å²) in [5.74, 6) is -0.235. The summed E-state index contributed by atoms with van der Waals surface area (Å²) >= 11 is 0. The van der Waals surface area contributed by atoms with Gasteiger partial charge in [-0.3, -0.25) is 14.6 Å². The Labute approximate surface area is 103 Å². The Balaban J connectivity index is 1.83. The molecule has 2 unspecified atom stereocenters. The number of carbonyl (C=O) groups excluding carboxylic acids is 1. The summed E-state index contributed by atoms with van der Waals surface area (Å²) in [5.41, 5.74) is 5.41. The van der Waals surface area contributed by atoms with E-state index >= 15 is 0 Å². The molecule has 2 atom stereocenters. The van der Waals surface area contributed by atoms with Gasteiger partial charge in [-0.2, -0.15) is 0 Å². The number of piperazine rings is 1. The highest BCUT2D eigenvalue weighted by atomic mass is 16.1. The van der Waals surface area contributed by atoms with Crippen LogP contribution in [0, 0.1) is 0 Å². The predicted molar refractivity (Wildman–Crippen MR) is 67.7 cm³/mol. The van der Waals surface area contributed by atoms with Gasteiger partial charge in [-0.15, -0.1) is 0 Å². The molecule has 2 aliphatic rings. The number of carbonyl (C=O) groups is 1. The molecule has 2 heterocycles. The van der Waals surface area contributed by atoms with E-state index < -0.39 is 0 Å². The summed E-state index contributed by atoms with van der Waals surface area (Å²) in [4.78, 5) is 16.3. The highest BCUT2D eigenvalue weighted by Crippen LogP contribution is 2.21. The van der Waals surface area contributed by atoms with Gasteiger partial charge in [0.25, 0.3) is 0 Å². The average molecular weight is 240 g/mol. The van der Waals surface area contributed by atoms with Crippen molar-refractivity contribution in [3.05, 3.63) is 0 Å². The summed E-state index contributed by atoms with van der Waals surface area (Å²) in [5, 5.41) is 3.16. The molecule has 0 aliphatic carbocycles. The molecule has 1 amide bonds. The van der Waals surface area contributed by atoms with E-state index in [1.807, 2.05) is 6.92 Å². The zero-order valence-electron chi connectivity index (χ0n) is 10.7. The van der Waals surface area contributed by atoms with Gasteiger partial charge in [0, 0.05) is 32.2 Å². The summed E-state index contributed by atoms with van der Waals surface area (Å²) in [7, 11) is 0. The molecule has 2 rings (SSSR count). The van der Waals surface area contributed by atoms with Crippen molar-refractivity contribution < 1.29 is 4.79 Å². The number of hydrogen-bond acceptors (Lipinski definition) is 4. The lowest BCUT2D eigenvalue weighted by atomic mass is 10.1. The maximum Gasteiger partial charge on any atom is 0.235 e. The van der Waals surface area contributed by atoms with Gasteiger partial charge in [0.15, 0.2) is 0 Å². The van der Waals surface area contributed by atoms with Gasteiger partial charge in [0.1, 0.15) is 0 Å². The number of likely N-dealkylation sites (N-methyl/N-ethyl adjacent to an activating group) is 1. The smallest absolute Gasteiger partial charge is 0.235 e. The van der Waals surface area contributed by atoms with Crippen molar-refractivity contribution in [3.8, 4) is 0 Å². The summed E-state index contributed by atoms with van der Waals surface area (Å²) in [6.07, 6.45) is 2.63. The van der Waals surface area contributed by atoms with E-state index in [0.717, 1.165) is 32.7 Å². The van der Waals surface area contributed by atoms with Crippen molar-refractivity contribution in [1.29, 1.82) is 0 Å². The molecule has 98 valence electrons. The molecule has 0 spiro atoms. The molecule has 3 N–H and O–H groups in total. The Morgan fingerprint density at radius 3 is 3.00 bits per heavy atom.